The SMILES string of the molecule is COC(=O)c1c(C)[nH]c(C(=O)[C@@H](C)N[C@H](c2ccccc2)c2ccco2)c1C. The average Bonchev–Trinajstić information content (AvgIpc) is 3.33. The number of H-pyrrole nitrogens is 1. The van der Waals surface area contributed by atoms with Gasteiger partial charge >= 0.3 is 5.97 Å². The van der Waals surface area contributed by atoms with Gasteiger partial charge in [0.05, 0.1) is 36.7 Å². The number of hydrogen-bond donors (Lipinski definition) is 2. The number of furan rings is 1. The third-order valence-corrected chi connectivity index (χ3v) is 4.84. The Balaban J connectivity index is 1.88. The molecule has 0 saturated carbocycles. The van der Waals surface area contributed by atoms with Crippen LogP contribution in [0.5, 0.6) is 0 Å². The first-order chi connectivity index (χ1) is 13.4. The number of benzene rings is 1. The summed E-state index contributed by atoms with van der Waals surface area (Å²) in [7, 11) is 1.33. The molecule has 0 unspecified atom stereocenters. The van der Waals surface area contributed by atoms with Crippen molar-refractivity contribution in [1.29, 1.82) is 0 Å². The van der Waals surface area contributed by atoms with Gasteiger partial charge < -0.3 is 14.1 Å². The van der Waals surface area contributed by atoms with Crippen molar-refractivity contribution in [3.05, 3.63) is 82.6 Å². The Kier molecular flexibility index (Phi) is 5.80. The summed E-state index contributed by atoms with van der Waals surface area (Å²) in [6.45, 7) is 5.30. The number of nitrogens with one attached hydrogen (secondary N) is 2. The third-order valence-electron chi connectivity index (χ3n) is 4.84. The molecule has 0 radical (unpaired) electrons. The van der Waals surface area contributed by atoms with Gasteiger partial charge in [-0.2, -0.15) is 0 Å². The number of ketones is 1. The van der Waals surface area contributed by atoms with E-state index in [1.54, 1.807) is 27.0 Å². The van der Waals surface area contributed by atoms with E-state index in [9.17, 15) is 9.59 Å². The Hall–Kier alpha value is -3.12. The molecule has 2 N–H and O–H groups in total. The maximum Gasteiger partial charge on any atom is 0.339 e. The van der Waals surface area contributed by atoms with Crippen molar-refractivity contribution < 1.29 is 18.7 Å². The van der Waals surface area contributed by atoms with Crippen LogP contribution in [0.25, 0.3) is 0 Å². The van der Waals surface area contributed by atoms with E-state index >= 15 is 0 Å². The van der Waals surface area contributed by atoms with Crippen molar-refractivity contribution in [2.24, 2.45) is 0 Å². The molecule has 146 valence electrons. The molecule has 0 aliphatic heterocycles. The first-order valence-corrected chi connectivity index (χ1v) is 9.10. The van der Waals surface area contributed by atoms with Gasteiger partial charge in [0, 0.05) is 5.69 Å². The molecule has 2 heterocycles. The van der Waals surface area contributed by atoms with Crippen molar-refractivity contribution >= 4 is 11.8 Å². The number of aromatic amines is 1. The topological polar surface area (TPSA) is 84.3 Å². The molecular formula is C22H24N2O4. The van der Waals surface area contributed by atoms with Crippen LogP contribution in [0.15, 0.2) is 53.1 Å². The number of carbonyl (C=O) groups excluding carboxylic acids is 2. The van der Waals surface area contributed by atoms with E-state index in [4.69, 9.17) is 9.15 Å². The summed E-state index contributed by atoms with van der Waals surface area (Å²) in [6, 6.07) is 12.7. The van der Waals surface area contributed by atoms with Gasteiger partial charge in [0.15, 0.2) is 5.78 Å². The molecule has 1 aromatic carbocycles. The standard InChI is InChI=1S/C22H24N2O4/c1-13-18(22(26)27-4)14(2)23-19(13)21(25)15(3)24-20(17-11-8-12-28-17)16-9-6-5-7-10-16/h5-12,15,20,23-24H,1-4H3/t15-,20-/m1/s1. The lowest BCUT2D eigenvalue weighted by atomic mass is 10.0. The molecule has 6 nitrogen and oxygen atoms in total. The molecule has 0 amide bonds. The maximum atomic E-state index is 13.1. The average molecular weight is 380 g/mol. The van der Waals surface area contributed by atoms with Gasteiger partial charge in [-0.05, 0) is 44.0 Å². The number of hydrogen-bond acceptors (Lipinski definition) is 5. The number of methoxy groups -OCH3 is 1. The van der Waals surface area contributed by atoms with E-state index in [-0.39, 0.29) is 11.8 Å². The van der Waals surface area contributed by atoms with E-state index in [1.807, 2.05) is 42.5 Å². The molecule has 3 rings (SSSR count). The second-order valence-corrected chi connectivity index (χ2v) is 6.73. The number of carbonyl (C=O) groups is 2. The molecule has 0 saturated heterocycles. The summed E-state index contributed by atoms with van der Waals surface area (Å²) >= 11 is 0. The zero-order chi connectivity index (χ0) is 20.3. The summed E-state index contributed by atoms with van der Waals surface area (Å²) in [5, 5.41) is 3.35. The molecule has 0 aliphatic carbocycles. The lowest BCUT2D eigenvalue weighted by molar-refractivity contribution is 0.0599. The van der Waals surface area contributed by atoms with Gasteiger partial charge in [-0.1, -0.05) is 30.3 Å². The Morgan fingerprint density at radius 3 is 2.43 bits per heavy atom. The molecule has 28 heavy (non-hydrogen) atoms. The molecule has 2 atom stereocenters. The quantitative estimate of drug-likeness (QED) is 0.479. The molecule has 0 fully saturated rings. The Labute approximate surface area is 163 Å². The minimum Gasteiger partial charge on any atom is -0.467 e. The van der Waals surface area contributed by atoms with Gasteiger partial charge in [-0.25, -0.2) is 4.79 Å². The Bertz CT molecular complexity index is 958. The van der Waals surface area contributed by atoms with Crippen LogP contribution >= 0.6 is 0 Å². The number of ether oxygens (including phenoxy) is 1. The zero-order valence-corrected chi connectivity index (χ0v) is 16.4. The number of esters is 1. The predicted molar refractivity (Wildman–Crippen MR) is 106 cm³/mol. The maximum absolute atomic E-state index is 13.1. The molecule has 2 aromatic heterocycles. The largest absolute Gasteiger partial charge is 0.467 e. The van der Waals surface area contributed by atoms with Crippen LogP contribution in [0.4, 0.5) is 0 Å². The fourth-order valence-electron chi connectivity index (χ4n) is 3.39. The van der Waals surface area contributed by atoms with E-state index in [2.05, 4.69) is 10.3 Å². The van der Waals surface area contributed by atoms with Crippen molar-refractivity contribution in [2.75, 3.05) is 7.11 Å². The fraction of sp³-hybridized carbons (Fsp3) is 0.273. The minimum absolute atomic E-state index is 0.136. The van der Waals surface area contributed by atoms with Gasteiger partial charge in [0.1, 0.15) is 5.76 Å². The molecule has 0 aliphatic rings. The zero-order valence-electron chi connectivity index (χ0n) is 16.4. The number of Topliss-reactive ketones (excluding diaryl/α,β-unsaturated/α-hetero) is 1. The number of rotatable bonds is 7. The highest BCUT2D eigenvalue weighted by Gasteiger charge is 2.28. The van der Waals surface area contributed by atoms with Crippen LogP contribution in [-0.2, 0) is 4.74 Å². The molecular weight excluding hydrogens is 356 g/mol. The number of aromatic nitrogens is 1. The second-order valence-electron chi connectivity index (χ2n) is 6.73. The molecule has 3 aromatic rings. The summed E-state index contributed by atoms with van der Waals surface area (Å²) in [5.41, 5.74) is 3.02. The van der Waals surface area contributed by atoms with Crippen molar-refractivity contribution in [2.45, 2.75) is 32.9 Å². The predicted octanol–water partition coefficient (Wildman–Crippen LogP) is 3.96. The van der Waals surface area contributed by atoms with Crippen LogP contribution in [0.1, 0.15) is 56.4 Å². The molecule has 6 heteroatoms. The second kappa shape index (κ2) is 8.27. The van der Waals surface area contributed by atoms with E-state index in [1.165, 1.54) is 7.11 Å². The van der Waals surface area contributed by atoms with Gasteiger partial charge in [-0.3, -0.25) is 10.1 Å². The normalized spacial score (nSPS) is 13.1. The van der Waals surface area contributed by atoms with Crippen molar-refractivity contribution in [1.82, 2.24) is 10.3 Å². The lowest BCUT2D eigenvalue weighted by Crippen LogP contribution is -2.37. The van der Waals surface area contributed by atoms with Crippen LogP contribution in [-0.4, -0.2) is 29.9 Å². The third kappa shape index (κ3) is 3.77. The highest BCUT2D eigenvalue weighted by atomic mass is 16.5. The van der Waals surface area contributed by atoms with Gasteiger partial charge in [0.25, 0.3) is 0 Å². The van der Waals surface area contributed by atoms with E-state index in [0.717, 1.165) is 11.3 Å². The Morgan fingerprint density at radius 2 is 1.82 bits per heavy atom. The van der Waals surface area contributed by atoms with E-state index < -0.39 is 12.0 Å². The number of aryl methyl sites for hydroxylation is 1. The highest BCUT2D eigenvalue weighted by Crippen LogP contribution is 2.25. The van der Waals surface area contributed by atoms with Gasteiger partial charge in [-0.15, -0.1) is 0 Å². The minimum atomic E-state index is -0.516. The summed E-state index contributed by atoms with van der Waals surface area (Å²) in [4.78, 5) is 28.1. The Morgan fingerprint density at radius 1 is 1.11 bits per heavy atom. The van der Waals surface area contributed by atoms with Crippen LogP contribution in [0, 0.1) is 13.8 Å². The van der Waals surface area contributed by atoms with Crippen molar-refractivity contribution in [3.8, 4) is 0 Å². The van der Waals surface area contributed by atoms with Crippen molar-refractivity contribution in [3.63, 3.8) is 0 Å². The van der Waals surface area contributed by atoms with Crippen LogP contribution < -0.4 is 5.32 Å². The lowest BCUT2D eigenvalue weighted by Gasteiger charge is -2.21. The summed E-state index contributed by atoms with van der Waals surface area (Å²) in [5.74, 6) is 0.132. The fourth-order valence-corrected chi connectivity index (χ4v) is 3.39. The van der Waals surface area contributed by atoms with E-state index in [0.29, 0.717) is 22.5 Å². The highest BCUT2D eigenvalue weighted by molar-refractivity contribution is 6.03. The molecule has 0 bridgehead atoms. The monoisotopic (exact) mass is 380 g/mol. The summed E-state index contributed by atoms with van der Waals surface area (Å²) < 4.78 is 10.4. The van der Waals surface area contributed by atoms with Crippen LogP contribution in [0.3, 0.4) is 0 Å². The van der Waals surface area contributed by atoms with Gasteiger partial charge in [0.2, 0.25) is 0 Å². The summed E-state index contributed by atoms with van der Waals surface area (Å²) in [6.07, 6.45) is 1.61. The van der Waals surface area contributed by atoms with Crippen LogP contribution in [0.2, 0.25) is 0 Å². The first kappa shape index (κ1) is 19.6. The smallest absolute Gasteiger partial charge is 0.339 e. The molecule has 0 spiro atoms. The first-order valence-electron chi connectivity index (χ1n) is 9.10.